The van der Waals surface area contributed by atoms with Crippen LogP contribution in [0, 0.1) is 23.7 Å². The molecule has 5 fully saturated rings. The molecule has 1 nitrogen and oxygen atoms in total. The lowest BCUT2D eigenvalue weighted by molar-refractivity contribution is 0.0618. The summed E-state index contributed by atoms with van der Waals surface area (Å²) in [5, 5.41) is 0. The van der Waals surface area contributed by atoms with Crippen molar-refractivity contribution in [1.29, 1.82) is 0 Å². The molecule has 7 aromatic carbocycles. The van der Waals surface area contributed by atoms with Crippen LogP contribution in [0.1, 0.15) is 86.5 Å². The number of nitrogens with zero attached hydrogens (tertiary/aromatic N) is 1. The SMILES string of the molecule is c1ccc(-c2ccc(N(c3ccc4c(c3)C3(CCCC3)c3ccccc3-4)c3cccc4c3-c3ccccc3C43C4CCC5CC(C4)CC3C5)cc2-c2ccccc2)cc1. The van der Waals surface area contributed by atoms with Crippen molar-refractivity contribution < 1.29 is 0 Å². The maximum absolute atomic E-state index is 2.67. The van der Waals surface area contributed by atoms with Gasteiger partial charge in [-0.15, -0.1) is 0 Å². The van der Waals surface area contributed by atoms with E-state index in [1.807, 2.05) is 0 Å². The Morgan fingerprint density at radius 2 is 1.02 bits per heavy atom. The summed E-state index contributed by atoms with van der Waals surface area (Å²) >= 11 is 0. The molecule has 0 heterocycles. The minimum Gasteiger partial charge on any atom is -0.310 e. The molecule has 14 rings (SSSR count). The third kappa shape index (κ3) is 4.79. The van der Waals surface area contributed by atoms with Crippen molar-refractivity contribution in [1.82, 2.24) is 0 Å². The number of benzene rings is 7. The minimum atomic E-state index is 0.0912. The van der Waals surface area contributed by atoms with Crippen molar-refractivity contribution in [3.63, 3.8) is 0 Å². The van der Waals surface area contributed by atoms with E-state index in [4.69, 9.17) is 0 Å². The third-order valence-electron chi connectivity index (χ3n) is 16.5. The van der Waals surface area contributed by atoms with E-state index in [0.717, 1.165) is 11.8 Å². The van der Waals surface area contributed by atoms with E-state index in [1.54, 1.807) is 16.7 Å². The van der Waals surface area contributed by atoms with Gasteiger partial charge in [0.2, 0.25) is 0 Å². The summed E-state index contributed by atoms with van der Waals surface area (Å²) < 4.78 is 0. The van der Waals surface area contributed by atoms with E-state index in [1.165, 1.54) is 131 Å². The summed E-state index contributed by atoms with van der Waals surface area (Å²) in [4.78, 5) is 2.67. The molecule has 0 saturated heterocycles. The zero-order chi connectivity index (χ0) is 38.7. The number of hydrogen-bond acceptors (Lipinski definition) is 1. The number of fused-ring (bicyclic) bond motifs is 9. The Kier molecular flexibility index (Phi) is 7.49. The number of rotatable bonds is 5. The Balaban J connectivity index is 1.08. The fourth-order valence-electron chi connectivity index (χ4n) is 14.4. The molecule has 0 N–H and O–H groups in total. The molecule has 0 aromatic heterocycles. The largest absolute Gasteiger partial charge is 0.310 e. The van der Waals surface area contributed by atoms with Gasteiger partial charge in [0.15, 0.2) is 0 Å². The lowest BCUT2D eigenvalue weighted by atomic mass is 9.51. The van der Waals surface area contributed by atoms with Gasteiger partial charge >= 0.3 is 0 Å². The molecule has 7 aliphatic carbocycles. The number of anilines is 3. The highest BCUT2D eigenvalue weighted by atomic mass is 15.1. The van der Waals surface area contributed by atoms with Crippen molar-refractivity contribution in [2.24, 2.45) is 23.7 Å². The van der Waals surface area contributed by atoms with Crippen molar-refractivity contribution >= 4 is 17.1 Å². The molecule has 7 aliphatic rings. The van der Waals surface area contributed by atoms with E-state index in [-0.39, 0.29) is 10.8 Å². The molecular weight excluding hydrogens is 711 g/mol. The lowest BCUT2D eigenvalue weighted by Crippen LogP contribution is -2.48. The second-order valence-corrected chi connectivity index (χ2v) is 19.1. The zero-order valence-corrected chi connectivity index (χ0v) is 33.9. The van der Waals surface area contributed by atoms with Crippen LogP contribution in [0.4, 0.5) is 17.1 Å². The van der Waals surface area contributed by atoms with E-state index in [0.29, 0.717) is 11.8 Å². The highest BCUT2D eigenvalue weighted by molar-refractivity contribution is 5.98. The Morgan fingerprint density at radius 3 is 1.81 bits per heavy atom. The van der Waals surface area contributed by atoms with E-state index in [2.05, 4.69) is 169 Å². The lowest BCUT2D eigenvalue weighted by Gasteiger charge is -2.53. The molecule has 0 amide bonds. The van der Waals surface area contributed by atoms with E-state index >= 15 is 0 Å². The summed E-state index contributed by atoms with van der Waals surface area (Å²) in [6, 6.07) is 63.3. The maximum atomic E-state index is 2.67. The smallest absolute Gasteiger partial charge is 0.0543 e. The standard InChI is InChI=1S/C58H51N/c1-3-14-40(15-4-1)46-28-26-44(36-50(46)41-16-5-2-6-17-41)59(45-27-29-48-47-18-7-9-20-51(47)57(54(48)37-45)30-11-12-31-57)55-23-13-22-53-56(55)49-19-8-10-21-52(49)58(53)42-25-24-38-32-39(34-42)35-43(58)33-38/h1-10,13-23,26-29,36-39,42-43H,11-12,24-25,30-35H2. The van der Waals surface area contributed by atoms with Crippen LogP contribution in [-0.2, 0) is 10.8 Å². The second kappa shape index (κ2) is 12.9. The van der Waals surface area contributed by atoms with Gasteiger partial charge in [-0.05, 0) is 160 Å². The summed E-state index contributed by atoms with van der Waals surface area (Å²) in [5.74, 6) is 3.23. The van der Waals surface area contributed by atoms with Gasteiger partial charge in [-0.25, -0.2) is 0 Å². The molecule has 59 heavy (non-hydrogen) atoms. The fraction of sp³-hybridized carbons (Fsp3) is 0.276. The first-order valence-corrected chi connectivity index (χ1v) is 22.7. The molecular formula is C58H51N. The molecule has 5 atom stereocenters. The summed E-state index contributed by atoms with van der Waals surface area (Å²) in [7, 11) is 0. The van der Waals surface area contributed by atoms with Crippen LogP contribution in [0.3, 0.4) is 0 Å². The van der Waals surface area contributed by atoms with Gasteiger partial charge in [0.1, 0.15) is 0 Å². The zero-order valence-electron chi connectivity index (χ0n) is 33.9. The summed E-state index contributed by atoms with van der Waals surface area (Å²) in [6.45, 7) is 0. The third-order valence-corrected chi connectivity index (χ3v) is 16.5. The molecule has 0 radical (unpaired) electrons. The van der Waals surface area contributed by atoms with Crippen LogP contribution in [0.2, 0.25) is 0 Å². The fourth-order valence-corrected chi connectivity index (χ4v) is 14.4. The maximum Gasteiger partial charge on any atom is 0.0543 e. The van der Waals surface area contributed by atoms with Gasteiger partial charge in [-0.2, -0.15) is 0 Å². The monoisotopic (exact) mass is 761 g/mol. The van der Waals surface area contributed by atoms with E-state index < -0.39 is 0 Å². The second-order valence-electron chi connectivity index (χ2n) is 19.1. The Labute approximate surface area is 349 Å². The van der Waals surface area contributed by atoms with Gasteiger partial charge < -0.3 is 4.90 Å². The first kappa shape index (κ1) is 34.2. The Hall–Kier alpha value is -5.66. The quantitative estimate of drug-likeness (QED) is 0.169. The average Bonchev–Trinajstić information content (AvgIpc) is 3.93. The van der Waals surface area contributed by atoms with Crippen LogP contribution < -0.4 is 4.90 Å². The molecule has 4 bridgehead atoms. The Bertz CT molecular complexity index is 2760. The van der Waals surface area contributed by atoms with Crippen molar-refractivity contribution in [3.8, 4) is 44.5 Å². The van der Waals surface area contributed by atoms with Gasteiger partial charge in [0.25, 0.3) is 0 Å². The average molecular weight is 762 g/mol. The molecule has 2 spiro atoms. The summed E-state index contributed by atoms with van der Waals surface area (Å²) in [6.07, 6.45) is 13.5. The summed E-state index contributed by atoms with van der Waals surface area (Å²) in [5.41, 5.74) is 21.2. The predicted octanol–water partition coefficient (Wildman–Crippen LogP) is 15.4. The topological polar surface area (TPSA) is 3.24 Å². The highest BCUT2D eigenvalue weighted by Crippen LogP contribution is 2.69. The van der Waals surface area contributed by atoms with Crippen molar-refractivity contribution in [3.05, 3.63) is 186 Å². The van der Waals surface area contributed by atoms with Gasteiger partial charge in [-0.3, -0.25) is 0 Å². The molecule has 7 aromatic rings. The molecule has 1 heteroatoms. The normalized spacial score (nSPS) is 24.8. The number of hydrogen-bond donors (Lipinski definition) is 0. The van der Waals surface area contributed by atoms with Crippen LogP contribution in [0.5, 0.6) is 0 Å². The van der Waals surface area contributed by atoms with Crippen molar-refractivity contribution in [2.75, 3.05) is 4.90 Å². The predicted molar refractivity (Wildman–Crippen MR) is 245 cm³/mol. The molecule has 288 valence electrons. The van der Waals surface area contributed by atoms with Gasteiger partial charge in [0, 0.05) is 27.8 Å². The minimum absolute atomic E-state index is 0.0912. The molecule has 0 aliphatic heterocycles. The Morgan fingerprint density at radius 1 is 0.407 bits per heavy atom. The van der Waals surface area contributed by atoms with Crippen LogP contribution >= 0.6 is 0 Å². The van der Waals surface area contributed by atoms with Crippen LogP contribution in [0.15, 0.2) is 164 Å². The highest BCUT2D eigenvalue weighted by Gasteiger charge is 2.60. The first-order chi connectivity index (χ1) is 29.2. The molecule has 5 unspecified atom stereocenters. The van der Waals surface area contributed by atoms with E-state index in [9.17, 15) is 0 Å². The molecule has 5 saturated carbocycles. The van der Waals surface area contributed by atoms with Crippen LogP contribution in [0.25, 0.3) is 44.5 Å². The van der Waals surface area contributed by atoms with Gasteiger partial charge in [0.05, 0.1) is 5.69 Å². The first-order valence-electron chi connectivity index (χ1n) is 22.7. The van der Waals surface area contributed by atoms with Gasteiger partial charge in [-0.1, -0.05) is 153 Å². The van der Waals surface area contributed by atoms with Crippen LogP contribution in [-0.4, -0.2) is 0 Å². The van der Waals surface area contributed by atoms with Crippen molar-refractivity contribution in [2.45, 2.75) is 75.0 Å².